The molecule has 0 N–H and O–H groups in total. The Morgan fingerprint density at radius 1 is 1.12 bits per heavy atom. The largest absolute Gasteiger partial charge is 0.398 e. The summed E-state index contributed by atoms with van der Waals surface area (Å²) in [5, 5.41) is 0. The standard InChI is InChI=1S/C12H26O4Si/c1-13-17(3,14-2)9-7-5-4-6-8-15-10-12-11-16-12/h12H,4-11H2,1-3H3. The molecule has 1 unspecified atom stereocenters. The molecule has 0 spiro atoms. The lowest BCUT2D eigenvalue weighted by Gasteiger charge is -2.22. The molecule has 1 fully saturated rings. The molecular formula is C12H26O4Si. The maximum Gasteiger partial charge on any atom is 0.334 e. The van der Waals surface area contributed by atoms with E-state index < -0.39 is 8.56 Å². The summed E-state index contributed by atoms with van der Waals surface area (Å²) in [6.07, 6.45) is 5.19. The fraction of sp³-hybridized carbons (Fsp3) is 1.00. The molecule has 1 atom stereocenters. The van der Waals surface area contributed by atoms with Gasteiger partial charge in [-0.3, -0.25) is 0 Å². The molecule has 1 heterocycles. The predicted molar refractivity (Wildman–Crippen MR) is 69.5 cm³/mol. The molecule has 0 saturated carbocycles. The lowest BCUT2D eigenvalue weighted by molar-refractivity contribution is 0.113. The van der Waals surface area contributed by atoms with Crippen LogP contribution in [-0.2, 0) is 18.3 Å². The van der Waals surface area contributed by atoms with Crippen LogP contribution in [0.25, 0.3) is 0 Å². The lowest BCUT2D eigenvalue weighted by Crippen LogP contribution is -2.35. The number of epoxide rings is 1. The van der Waals surface area contributed by atoms with Crippen LogP contribution in [0.5, 0.6) is 0 Å². The molecule has 5 heteroatoms. The Morgan fingerprint density at radius 2 is 1.76 bits per heavy atom. The minimum absolute atomic E-state index is 0.394. The van der Waals surface area contributed by atoms with Gasteiger partial charge in [-0.05, 0) is 19.0 Å². The van der Waals surface area contributed by atoms with E-state index in [4.69, 9.17) is 18.3 Å². The molecule has 0 bridgehead atoms. The van der Waals surface area contributed by atoms with Gasteiger partial charge >= 0.3 is 8.56 Å². The number of rotatable bonds is 11. The Kier molecular flexibility index (Phi) is 7.30. The molecule has 1 aliphatic rings. The first-order chi connectivity index (χ1) is 8.20. The van der Waals surface area contributed by atoms with Crippen molar-refractivity contribution in [1.29, 1.82) is 0 Å². The highest BCUT2D eigenvalue weighted by Crippen LogP contribution is 2.16. The highest BCUT2D eigenvalue weighted by Gasteiger charge is 2.27. The molecular weight excluding hydrogens is 236 g/mol. The van der Waals surface area contributed by atoms with Crippen LogP contribution in [0, 0.1) is 0 Å². The molecule has 4 nitrogen and oxygen atoms in total. The van der Waals surface area contributed by atoms with Crippen LogP contribution in [-0.4, -0.2) is 48.7 Å². The molecule has 0 aromatic carbocycles. The normalized spacial score (nSPS) is 19.6. The zero-order valence-electron chi connectivity index (χ0n) is 11.4. The van der Waals surface area contributed by atoms with Crippen molar-refractivity contribution < 1.29 is 18.3 Å². The van der Waals surface area contributed by atoms with Gasteiger partial charge < -0.3 is 18.3 Å². The van der Waals surface area contributed by atoms with E-state index >= 15 is 0 Å². The Labute approximate surface area is 106 Å². The zero-order valence-corrected chi connectivity index (χ0v) is 12.4. The quantitative estimate of drug-likeness (QED) is 0.325. The van der Waals surface area contributed by atoms with Gasteiger partial charge in [0, 0.05) is 20.8 Å². The smallest absolute Gasteiger partial charge is 0.334 e. The van der Waals surface area contributed by atoms with Crippen LogP contribution in [0.4, 0.5) is 0 Å². The van der Waals surface area contributed by atoms with Crippen molar-refractivity contribution in [1.82, 2.24) is 0 Å². The second-order valence-corrected chi connectivity index (χ2v) is 8.32. The molecule has 0 radical (unpaired) electrons. The van der Waals surface area contributed by atoms with Gasteiger partial charge in [-0.15, -0.1) is 0 Å². The number of unbranched alkanes of at least 4 members (excludes halogenated alkanes) is 3. The van der Waals surface area contributed by atoms with Gasteiger partial charge in [0.25, 0.3) is 0 Å². The second kappa shape index (κ2) is 8.21. The summed E-state index contributed by atoms with van der Waals surface area (Å²) in [7, 11) is 1.68. The minimum Gasteiger partial charge on any atom is -0.398 e. The van der Waals surface area contributed by atoms with E-state index in [2.05, 4.69) is 6.55 Å². The fourth-order valence-corrected chi connectivity index (χ4v) is 3.14. The van der Waals surface area contributed by atoms with Crippen LogP contribution < -0.4 is 0 Å². The van der Waals surface area contributed by atoms with Gasteiger partial charge in [0.05, 0.1) is 13.2 Å². The molecule has 17 heavy (non-hydrogen) atoms. The average Bonchev–Trinajstić information content (AvgIpc) is 3.16. The third-order valence-corrected chi connectivity index (χ3v) is 6.23. The van der Waals surface area contributed by atoms with Crippen LogP contribution >= 0.6 is 0 Å². The first-order valence-corrected chi connectivity index (χ1v) is 9.02. The van der Waals surface area contributed by atoms with Gasteiger partial charge in [-0.25, -0.2) is 0 Å². The molecule has 0 aromatic heterocycles. The van der Waals surface area contributed by atoms with Crippen molar-refractivity contribution in [3.63, 3.8) is 0 Å². The zero-order chi connectivity index (χ0) is 12.6. The van der Waals surface area contributed by atoms with E-state index in [1.807, 2.05) is 0 Å². The van der Waals surface area contributed by atoms with Gasteiger partial charge in [-0.1, -0.05) is 19.3 Å². The van der Waals surface area contributed by atoms with E-state index in [1.165, 1.54) is 19.3 Å². The number of hydrogen-bond donors (Lipinski definition) is 0. The van der Waals surface area contributed by atoms with Crippen molar-refractivity contribution in [3.8, 4) is 0 Å². The summed E-state index contributed by atoms with van der Waals surface area (Å²) in [5.74, 6) is 0. The number of hydrogen-bond acceptors (Lipinski definition) is 4. The Morgan fingerprint density at radius 3 is 2.35 bits per heavy atom. The molecule has 0 amide bonds. The third-order valence-electron chi connectivity index (χ3n) is 3.24. The summed E-state index contributed by atoms with van der Waals surface area (Å²) in [6, 6.07) is 1.08. The minimum atomic E-state index is -1.83. The van der Waals surface area contributed by atoms with E-state index in [9.17, 15) is 0 Å². The van der Waals surface area contributed by atoms with Crippen molar-refractivity contribution in [2.24, 2.45) is 0 Å². The SMILES string of the molecule is CO[Si](C)(CCCCCCOCC1CO1)OC. The molecule has 0 aliphatic carbocycles. The lowest BCUT2D eigenvalue weighted by atomic mass is 10.2. The highest BCUT2D eigenvalue weighted by atomic mass is 28.4. The highest BCUT2D eigenvalue weighted by molar-refractivity contribution is 6.65. The number of ether oxygens (including phenoxy) is 2. The average molecular weight is 262 g/mol. The van der Waals surface area contributed by atoms with Gasteiger partial charge in [-0.2, -0.15) is 0 Å². The van der Waals surface area contributed by atoms with Gasteiger partial charge in [0.1, 0.15) is 6.10 Å². The summed E-state index contributed by atoms with van der Waals surface area (Å²) >= 11 is 0. The Hall–Kier alpha value is 0.0569. The molecule has 1 saturated heterocycles. The summed E-state index contributed by atoms with van der Waals surface area (Å²) < 4.78 is 21.4. The van der Waals surface area contributed by atoms with E-state index in [1.54, 1.807) is 14.2 Å². The first kappa shape index (κ1) is 15.1. The molecule has 1 rings (SSSR count). The maximum absolute atomic E-state index is 5.48. The fourth-order valence-electron chi connectivity index (χ4n) is 1.67. The van der Waals surface area contributed by atoms with Crippen LogP contribution in [0.15, 0.2) is 0 Å². The molecule has 102 valence electrons. The van der Waals surface area contributed by atoms with Crippen molar-refractivity contribution >= 4 is 8.56 Å². The van der Waals surface area contributed by atoms with Crippen LogP contribution in [0.2, 0.25) is 12.6 Å². The first-order valence-electron chi connectivity index (χ1n) is 6.50. The second-order valence-electron chi connectivity index (χ2n) is 4.74. The van der Waals surface area contributed by atoms with Crippen molar-refractivity contribution in [3.05, 3.63) is 0 Å². The van der Waals surface area contributed by atoms with Crippen LogP contribution in [0.1, 0.15) is 25.7 Å². The van der Waals surface area contributed by atoms with Gasteiger partial charge in [0.15, 0.2) is 0 Å². The third kappa shape index (κ3) is 7.16. The van der Waals surface area contributed by atoms with Gasteiger partial charge in [0.2, 0.25) is 0 Å². The van der Waals surface area contributed by atoms with Crippen molar-refractivity contribution in [2.75, 3.05) is 34.0 Å². The topological polar surface area (TPSA) is 40.2 Å². The van der Waals surface area contributed by atoms with E-state index in [0.29, 0.717) is 6.10 Å². The van der Waals surface area contributed by atoms with E-state index in [-0.39, 0.29) is 0 Å². The Balaban J connectivity index is 1.82. The summed E-state index contributed by atoms with van der Waals surface area (Å²) in [5.41, 5.74) is 0. The van der Waals surface area contributed by atoms with Crippen molar-refractivity contribution in [2.45, 2.75) is 44.4 Å². The Bertz CT molecular complexity index is 193. The summed E-state index contributed by atoms with van der Waals surface area (Å²) in [4.78, 5) is 0. The van der Waals surface area contributed by atoms with E-state index in [0.717, 1.165) is 32.3 Å². The summed E-state index contributed by atoms with van der Waals surface area (Å²) in [6.45, 7) is 4.64. The maximum atomic E-state index is 5.48. The molecule has 1 aliphatic heterocycles. The predicted octanol–water partition coefficient (Wildman–Crippen LogP) is 2.33. The monoisotopic (exact) mass is 262 g/mol. The van der Waals surface area contributed by atoms with Crippen LogP contribution in [0.3, 0.4) is 0 Å². The molecule has 0 aromatic rings.